The van der Waals surface area contributed by atoms with Gasteiger partial charge in [-0.15, -0.1) is 0 Å². The highest BCUT2D eigenvalue weighted by molar-refractivity contribution is 8.00. The third-order valence-corrected chi connectivity index (χ3v) is 5.30. The molecule has 0 radical (unpaired) electrons. The van der Waals surface area contributed by atoms with E-state index in [4.69, 9.17) is 0 Å². The number of anilines is 1. The zero-order valence-corrected chi connectivity index (χ0v) is 16.0. The number of rotatable bonds is 5. The molecule has 0 aliphatic carbocycles. The number of benzene rings is 2. The van der Waals surface area contributed by atoms with Gasteiger partial charge >= 0.3 is 0 Å². The maximum Gasteiger partial charge on any atom is 0.261 e. The van der Waals surface area contributed by atoms with E-state index < -0.39 is 5.25 Å². The van der Waals surface area contributed by atoms with E-state index >= 15 is 0 Å². The lowest BCUT2D eigenvalue weighted by Crippen LogP contribution is -2.26. The van der Waals surface area contributed by atoms with Crippen LogP contribution in [-0.2, 0) is 11.8 Å². The minimum Gasteiger partial charge on any atom is -0.324 e. The highest BCUT2D eigenvalue weighted by Crippen LogP contribution is 2.24. The average molecular weight is 381 g/mol. The van der Waals surface area contributed by atoms with E-state index in [2.05, 4.69) is 10.3 Å². The molecule has 0 aliphatic rings. The minimum atomic E-state index is -0.510. The van der Waals surface area contributed by atoms with E-state index in [0.717, 1.165) is 0 Å². The van der Waals surface area contributed by atoms with Crippen LogP contribution in [0.15, 0.2) is 58.5 Å². The van der Waals surface area contributed by atoms with Gasteiger partial charge in [0.05, 0.1) is 21.8 Å². The molecule has 138 valence electrons. The highest BCUT2D eigenvalue weighted by Gasteiger charge is 2.19. The van der Waals surface area contributed by atoms with Crippen molar-refractivity contribution in [2.45, 2.75) is 24.3 Å². The molecule has 0 aliphatic heterocycles. The average Bonchev–Trinajstić information content (AvgIpc) is 2.66. The molecule has 1 aromatic heterocycles. The van der Waals surface area contributed by atoms with Crippen molar-refractivity contribution in [2.24, 2.45) is 7.05 Å². The fraction of sp³-hybridized carbons (Fsp3) is 0.200. The number of nitrogens with zero attached hydrogens (tertiary/aromatic N) is 2. The Labute approximate surface area is 160 Å². The second-order valence-electron chi connectivity index (χ2n) is 6.13. The molecule has 27 heavy (non-hydrogen) atoms. The van der Waals surface area contributed by atoms with Crippen molar-refractivity contribution in [1.82, 2.24) is 9.55 Å². The molecule has 3 aromatic rings. The number of aromatic nitrogens is 2. The number of amides is 1. The van der Waals surface area contributed by atoms with Gasteiger partial charge in [-0.25, -0.2) is 4.98 Å². The van der Waals surface area contributed by atoms with Gasteiger partial charge in [-0.05, 0) is 38.1 Å². The van der Waals surface area contributed by atoms with Crippen LogP contribution >= 0.6 is 11.8 Å². The van der Waals surface area contributed by atoms with Crippen LogP contribution in [0.5, 0.6) is 0 Å². The predicted octanol–water partition coefficient (Wildman–Crippen LogP) is 3.26. The number of carbonyl (C=O) groups excluding carboxylic acids is 2. The molecular formula is C20H19N3O3S. The summed E-state index contributed by atoms with van der Waals surface area (Å²) >= 11 is 1.20. The maximum atomic E-state index is 12.6. The molecule has 0 bridgehead atoms. The molecule has 1 atom stereocenters. The van der Waals surface area contributed by atoms with E-state index in [1.54, 1.807) is 56.4 Å². The fourth-order valence-corrected chi connectivity index (χ4v) is 3.52. The van der Waals surface area contributed by atoms with Crippen LogP contribution in [0, 0.1) is 0 Å². The van der Waals surface area contributed by atoms with Crippen LogP contribution in [0.1, 0.15) is 24.2 Å². The Hall–Kier alpha value is -2.93. The molecule has 1 N–H and O–H groups in total. The Bertz CT molecular complexity index is 1090. The summed E-state index contributed by atoms with van der Waals surface area (Å²) in [6.45, 7) is 3.19. The number of hydrogen-bond donors (Lipinski definition) is 1. The highest BCUT2D eigenvalue weighted by atomic mass is 32.2. The van der Waals surface area contributed by atoms with Gasteiger partial charge in [0.2, 0.25) is 5.91 Å². The van der Waals surface area contributed by atoms with Gasteiger partial charge in [0, 0.05) is 12.6 Å². The first-order valence-electron chi connectivity index (χ1n) is 8.41. The molecule has 6 nitrogen and oxygen atoms in total. The number of nitrogens with one attached hydrogen (secondary N) is 1. The first kappa shape index (κ1) is 18.8. The SMILES string of the molecule is CC(=O)c1ccccc1NC(=O)C(C)Sc1nc2ccccc2c(=O)n1C. The molecule has 2 aromatic carbocycles. The van der Waals surface area contributed by atoms with E-state index in [0.29, 0.717) is 27.3 Å². The van der Waals surface area contributed by atoms with Crippen LogP contribution < -0.4 is 10.9 Å². The molecule has 1 amide bonds. The molecule has 1 heterocycles. The van der Waals surface area contributed by atoms with Crippen molar-refractivity contribution < 1.29 is 9.59 Å². The zero-order chi connectivity index (χ0) is 19.6. The number of thioether (sulfide) groups is 1. The van der Waals surface area contributed by atoms with Crippen molar-refractivity contribution in [1.29, 1.82) is 0 Å². The van der Waals surface area contributed by atoms with E-state index in [1.807, 2.05) is 6.07 Å². The first-order chi connectivity index (χ1) is 12.9. The third kappa shape index (κ3) is 3.93. The lowest BCUT2D eigenvalue weighted by molar-refractivity contribution is -0.115. The third-order valence-electron chi connectivity index (χ3n) is 4.16. The normalized spacial score (nSPS) is 12.0. The Morgan fingerprint density at radius 3 is 2.52 bits per heavy atom. The second-order valence-corrected chi connectivity index (χ2v) is 7.43. The maximum absolute atomic E-state index is 12.6. The van der Waals surface area contributed by atoms with Gasteiger partial charge in [-0.3, -0.25) is 19.0 Å². The molecule has 7 heteroatoms. The quantitative estimate of drug-likeness (QED) is 0.417. The summed E-state index contributed by atoms with van der Waals surface area (Å²) in [5, 5.41) is 3.28. The summed E-state index contributed by atoms with van der Waals surface area (Å²) in [6, 6.07) is 14.0. The number of hydrogen-bond acceptors (Lipinski definition) is 5. The van der Waals surface area contributed by atoms with Crippen LogP contribution in [0.3, 0.4) is 0 Å². The molecule has 1 unspecified atom stereocenters. The van der Waals surface area contributed by atoms with Crippen molar-refractivity contribution in [2.75, 3.05) is 5.32 Å². The number of para-hydroxylation sites is 2. The van der Waals surface area contributed by atoms with Gasteiger partial charge in [0.15, 0.2) is 10.9 Å². The van der Waals surface area contributed by atoms with E-state index in [9.17, 15) is 14.4 Å². The molecular weight excluding hydrogens is 362 g/mol. The van der Waals surface area contributed by atoms with Crippen LogP contribution in [-0.4, -0.2) is 26.5 Å². The van der Waals surface area contributed by atoms with Crippen molar-refractivity contribution in [3.63, 3.8) is 0 Å². The number of carbonyl (C=O) groups is 2. The summed E-state index contributed by atoms with van der Waals surface area (Å²) in [6.07, 6.45) is 0. The Morgan fingerprint density at radius 2 is 1.78 bits per heavy atom. The standard InChI is InChI=1S/C20H19N3O3S/c1-12(24)14-8-4-6-10-16(14)21-18(25)13(2)27-20-22-17-11-7-5-9-15(17)19(26)23(20)3/h4-11,13H,1-3H3,(H,21,25). The fourth-order valence-electron chi connectivity index (χ4n) is 2.65. The summed E-state index contributed by atoms with van der Waals surface area (Å²) in [5.74, 6) is -0.388. The largest absolute Gasteiger partial charge is 0.324 e. The van der Waals surface area contributed by atoms with Crippen molar-refractivity contribution in [3.8, 4) is 0 Å². The van der Waals surface area contributed by atoms with Gasteiger partial charge < -0.3 is 5.32 Å². The van der Waals surface area contributed by atoms with E-state index in [-0.39, 0.29) is 17.2 Å². The predicted molar refractivity (Wildman–Crippen MR) is 107 cm³/mol. The molecule has 0 spiro atoms. The summed E-state index contributed by atoms with van der Waals surface area (Å²) < 4.78 is 1.44. The van der Waals surface area contributed by atoms with Crippen molar-refractivity contribution in [3.05, 3.63) is 64.4 Å². The lowest BCUT2D eigenvalue weighted by Gasteiger charge is -2.15. The van der Waals surface area contributed by atoms with Gasteiger partial charge in [-0.1, -0.05) is 36.0 Å². The van der Waals surface area contributed by atoms with E-state index in [1.165, 1.54) is 23.3 Å². The molecule has 3 rings (SSSR count). The smallest absolute Gasteiger partial charge is 0.261 e. The topological polar surface area (TPSA) is 81.1 Å². The monoisotopic (exact) mass is 381 g/mol. The molecule has 0 saturated heterocycles. The number of Topliss-reactive ketones (excluding diaryl/α,β-unsaturated/α-hetero) is 1. The second kappa shape index (κ2) is 7.75. The molecule has 0 fully saturated rings. The van der Waals surface area contributed by atoms with Gasteiger partial charge in [-0.2, -0.15) is 0 Å². The summed E-state index contributed by atoms with van der Waals surface area (Å²) in [4.78, 5) is 41.3. The Kier molecular flexibility index (Phi) is 5.41. The summed E-state index contributed by atoms with van der Waals surface area (Å²) in [5.41, 5.74) is 1.37. The molecule has 0 saturated carbocycles. The minimum absolute atomic E-state index is 0.121. The van der Waals surface area contributed by atoms with Gasteiger partial charge in [0.25, 0.3) is 5.56 Å². The summed E-state index contributed by atoms with van der Waals surface area (Å²) in [7, 11) is 1.64. The van der Waals surface area contributed by atoms with Crippen LogP contribution in [0.2, 0.25) is 0 Å². The van der Waals surface area contributed by atoms with Gasteiger partial charge in [0.1, 0.15) is 0 Å². The van der Waals surface area contributed by atoms with Crippen molar-refractivity contribution >= 4 is 40.0 Å². The Balaban J connectivity index is 1.84. The number of ketones is 1. The number of fused-ring (bicyclic) bond motifs is 1. The Morgan fingerprint density at radius 1 is 1.11 bits per heavy atom. The zero-order valence-electron chi connectivity index (χ0n) is 15.2. The first-order valence-corrected chi connectivity index (χ1v) is 9.29. The van der Waals surface area contributed by atoms with Crippen LogP contribution in [0.25, 0.3) is 10.9 Å². The lowest BCUT2D eigenvalue weighted by atomic mass is 10.1. The van der Waals surface area contributed by atoms with Crippen LogP contribution in [0.4, 0.5) is 5.69 Å².